The molecule has 0 aliphatic rings. The highest BCUT2D eigenvalue weighted by Gasteiger charge is 2.15. The van der Waals surface area contributed by atoms with Gasteiger partial charge in [0.1, 0.15) is 11.8 Å². The molecule has 24 heavy (non-hydrogen) atoms. The average Bonchev–Trinajstić information content (AvgIpc) is 2.52. The van der Waals surface area contributed by atoms with Crippen LogP contribution in [0.3, 0.4) is 0 Å². The Morgan fingerprint density at radius 1 is 1.33 bits per heavy atom. The van der Waals surface area contributed by atoms with Crippen LogP contribution in [0.1, 0.15) is 19.5 Å². The molecule has 0 bridgehead atoms. The molecule has 126 valence electrons. The molecule has 1 aromatic heterocycles. The Labute approximate surface area is 142 Å². The number of ether oxygens (including phenoxy) is 2. The number of halogens is 3. The van der Waals surface area contributed by atoms with Gasteiger partial charge in [0.05, 0.1) is 18.0 Å². The molecule has 2 aromatic rings. The van der Waals surface area contributed by atoms with E-state index in [1.807, 2.05) is 13.8 Å². The monoisotopic (exact) mass is 353 g/mol. The van der Waals surface area contributed by atoms with Gasteiger partial charge in [-0.15, -0.1) is 0 Å². The summed E-state index contributed by atoms with van der Waals surface area (Å²) in [5, 5.41) is 9.63. The summed E-state index contributed by atoms with van der Waals surface area (Å²) in [6.07, 6.45) is -1.43. The smallest absolute Gasteiger partial charge is 0.272 e. The van der Waals surface area contributed by atoms with Crippen LogP contribution in [-0.4, -0.2) is 29.1 Å². The number of nitriles is 1. The van der Waals surface area contributed by atoms with Crippen molar-refractivity contribution >= 4 is 11.6 Å². The molecule has 8 heteroatoms. The SMILES string of the molecule is CC(C)Oc1cc(Cl)ccc1-c1cnc(OCC(F)F)c(C#N)n1. The number of aromatic nitrogens is 2. The first-order valence-corrected chi connectivity index (χ1v) is 7.43. The number of hydrogen-bond acceptors (Lipinski definition) is 5. The minimum Gasteiger partial charge on any atom is -0.490 e. The molecule has 0 aliphatic carbocycles. The Balaban J connectivity index is 2.41. The van der Waals surface area contributed by atoms with E-state index < -0.39 is 13.0 Å². The molecule has 0 amide bonds. The minimum atomic E-state index is -2.67. The van der Waals surface area contributed by atoms with Crippen LogP contribution in [0, 0.1) is 11.3 Å². The van der Waals surface area contributed by atoms with Crippen molar-refractivity contribution in [3.05, 3.63) is 35.1 Å². The van der Waals surface area contributed by atoms with Crippen molar-refractivity contribution in [3.63, 3.8) is 0 Å². The van der Waals surface area contributed by atoms with Crippen LogP contribution >= 0.6 is 11.6 Å². The molecule has 0 atom stereocenters. The maximum atomic E-state index is 12.2. The lowest BCUT2D eigenvalue weighted by atomic mass is 10.1. The van der Waals surface area contributed by atoms with Crippen molar-refractivity contribution < 1.29 is 18.3 Å². The van der Waals surface area contributed by atoms with Gasteiger partial charge < -0.3 is 9.47 Å². The Hall–Kier alpha value is -2.46. The molecule has 1 aromatic carbocycles. The number of hydrogen-bond donors (Lipinski definition) is 0. The molecule has 0 radical (unpaired) electrons. The van der Waals surface area contributed by atoms with Crippen LogP contribution in [0.25, 0.3) is 11.3 Å². The predicted molar refractivity (Wildman–Crippen MR) is 84.5 cm³/mol. The van der Waals surface area contributed by atoms with Crippen molar-refractivity contribution in [2.24, 2.45) is 0 Å². The van der Waals surface area contributed by atoms with Gasteiger partial charge in [-0.25, -0.2) is 18.7 Å². The summed E-state index contributed by atoms with van der Waals surface area (Å²) < 4.78 is 34.9. The predicted octanol–water partition coefficient (Wildman–Crippen LogP) is 4.10. The number of alkyl halides is 2. The van der Waals surface area contributed by atoms with E-state index in [1.165, 1.54) is 6.20 Å². The second kappa shape index (κ2) is 7.88. The van der Waals surface area contributed by atoms with E-state index in [-0.39, 0.29) is 17.7 Å². The molecular formula is C16H14ClF2N3O2. The zero-order valence-electron chi connectivity index (χ0n) is 13.0. The molecule has 2 rings (SSSR count). The fourth-order valence-corrected chi connectivity index (χ4v) is 2.05. The molecule has 0 spiro atoms. The Kier molecular flexibility index (Phi) is 5.88. The highest BCUT2D eigenvalue weighted by atomic mass is 35.5. The number of rotatable bonds is 6. The van der Waals surface area contributed by atoms with Crippen LogP contribution in [-0.2, 0) is 0 Å². The Morgan fingerprint density at radius 2 is 2.08 bits per heavy atom. The van der Waals surface area contributed by atoms with Gasteiger partial charge in [-0.3, -0.25) is 0 Å². The zero-order chi connectivity index (χ0) is 17.7. The van der Waals surface area contributed by atoms with Gasteiger partial charge in [0.25, 0.3) is 12.3 Å². The van der Waals surface area contributed by atoms with E-state index in [9.17, 15) is 8.78 Å². The van der Waals surface area contributed by atoms with Crippen molar-refractivity contribution in [1.29, 1.82) is 5.26 Å². The topological polar surface area (TPSA) is 68.0 Å². The number of benzene rings is 1. The van der Waals surface area contributed by atoms with Crippen LogP contribution in [0.2, 0.25) is 5.02 Å². The lowest BCUT2D eigenvalue weighted by Crippen LogP contribution is -2.10. The van der Waals surface area contributed by atoms with E-state index in [2.05, 4.69) is 9.97 Å². The molecule has 5 nitrogen and oxygen atoms in total. The summed E-state index contributed by atoms with van der Waals surface area (Å²) in [5.74, 6) is 0.249. The van der Waals surface area contributed by atoms with E-state index >= 15 is 0 Å². The van der Waals surface area contributed by atoms with E-state index in [0.29, 0.717) is 22.0 Å². The second-order valence-electron chi connectivity index (χ2n) is 5.03. The van der Waals surface area contributed by atoms with Gasteiger partial charge in [0, 0.05) is 10.6 Å². The largest absolute Gasteiger partial charge is 0.490 e. The standard InChI is InChI=1S/C16H14ClF2N3O2/c1-9(2)24-14-5-10(17)3-4-11(14)13-7-21-16(12(6-20)22-13)23-8-15(18)19/h3-5,7,9,15H,8H2,1-2H3. The lowest BCUT2D eigenvalue weighted by molar-refractivity contribution is 0.0792. The molecule has 0 N–H and O–H groups in total. The van der Waals surface area contributed by atoms with Crippen LogP contribution < -0.4 is 9.47 Å². The van der Waals surface area contributed by atoms with Gasteiger partial charge in [-0.2, -0.15) is 5.26 Å². The maximum Gasteiger partial charge on any atom is 0.272 e. The Bertz CT molecular complexity index is 763. The highest BCUT2D eigenvalue weighted by Crippen LogP contribution is 2.32. The third-order valence-corrected chi connectivity index (χ3v) is 3.01. The third kappa shape index (κ3) is 4.52. The van der Waals surface area contributed by atoms with Gasteiger partial charge in [-0.05, 0) is 32.0 Å². The van der Waals surface area contributed by atoms with Crippen LogP contribution in [0.15, 0.2) is 24.4 Å². The average molecular weight is 354 g/mol. The van der Waals surface area contributed by atoms with Crippen molar-refractivity contribution in [1.82, 2.24) is 9.97 Å². The van der Waals surface area contributed by atoms with Gasteiger partial charge >= 0.3 is 0 Å². The first kappa shape index (κ1) is 17.9. The van der Waals surface area contributed by atoms with E-state index in [1.54, 1.807) is 24.3 Å². The van der Waals surface area contributed by atoms with Crippen molar-refractivity contribution in [2.75, 3.05) is 6.61 Å². The molecule has 0 saturated carbocycles. The van der Waals surface area contributed by atoms with Crippen molar-refractivity contribution in [2.45, 2.75) is 26.4 Å². The fraction of sp³-hybridized carbons (Fsp3) is 0.312. The summed E-state index contributed by atoms with van der Waals surface area (Å²) in [6, 6.07) is 6.76. The summed E-state index contributed by atoms with van der Waals surface area (Å²) in [7, 11) is 0. The number of nitrogens with zero attached hydrogens (tertiary/aromatic N) is 3. The molecule has 0 fully saturated rings. The van der Waals surface area contributed by atoms with Gasteiger partial charge in [0.15, 0.2) is 6.61 Å². The zero-order valence-corrected chi connectivity index (χ0v) is 13.7. The highest BCUT2D eigenvalue weighted by molar-refractivity contribution is 6.30. The fourth-order valence-electron chi connectivity index (χ4n) is 1.89. The summed E-state index contributed by atoms with van der Waals surface area (Å²) in [4.78, 5) is 8.03. The molecule has 0 saturated heterocycles. The summed E-state index contributed by atoms with van der Waals surface area (Å²) in [6.45, 7) is 2.86. The molecule has 0 unspecified atom stereocenters. The van der Waals surface area contributed by atoms with Gasteiger partial charge in [-0.1, -0.05) is 11.6 Å². The lowest BCUT2D eigenvalue weighted by Gasteiger charge is -2.14. The maximum absolute atomic E-state index is 12.2. The second-order valence-corrected chi connectivity index (χ2v) is 5.47. The quantitative estimate of drug-likeness (QED) is 0.782. The first-order valence-electron chi connectivity index (χ1n) is 7.05. The van der Waals surface area contributed by atoms with Gasteiger partial charge in [0.2, 0.25) is 5.69 Å². The summed E-state index contributed by atoms with van der Waals surface area (Å²) in [5.41, 5.74) is 0.749. The normalized spacial score (nSPS) is 10.8. The Morgan fingerprint density at radius 3 is 2.71 bits per heavy atom. The molecule has 1 heterocycles. The van der Waals surface area contributed by atoms with Crippen LogP contribution in [0.4, 0.5) is 8.78 Å². The molecule has 0 aliphatic heterocycles. The first-order chi connectivity index (χ1) is 11.4. The van der Waals surface area contributed by atoms with E-state index in [0.717, 1.165) is 0 Å². The third-order valence-electron chi connectivity index (χ3n) is 2.77. The van der Waals surface area contributed by atoms with E-state index in [4.69, 9.17) is 26.3 Å². The molecular weight excluding hydrogens is 340 g/mol. The van der Waals surface area contributed by atoms with Crippen molar-refractivity contribution in [3.8, 4) is 29.0 Å². The van der Waals surface area contributed by atoms with Crippen LogP contribution in [0.5, 0.6) is 11.6 Å². The summed E-state index contributed by atoms with van der Waals surface area (Å²) >= 11 is 5.98. The minimum absolute atomic E-state index is 0.0979.